The van der Waals surface area contributed by atoms with Crippen molar-refractivity contribution in [2.24, 2.45) is 46.3 Å². The molecule has 0 amide bonds. The van der Waals surface area contributed by atoms with E-state index in [9.17, 15) is 33.6 Å². The first-order valence-corrected chi connectivity index (χ1v) is 35.7. The molecule has 6 aromatic rings. The molecule has 510 valence electrons. The predicted octanol–water partition coefficient (Wildman–Crippen LogP) is 7.76. The second-order valence-electron chi connectivity index (χ2n) is 27.6. The van der Waals surface area contributed by atoms with Crippen molar-refractivity contribution in [2.75, 3.05) is 37.0 Å². The molecule has 0 bridgehead atoms. The number of nitrogens with zero attached hydrogens (tertiary/aromatic N) is 12. The molecule has 33 heteroatoms. The van der Waals surface area contributed by atoms with Crippen LogP contribution in [0.15, 0.2) is 49.6 Å². The van der Waals surface area contributed by atoms with Gasteiger partial charge in [0.15, 0.2) is 53.1 Å². The minimum Gasteiger partial charge on any atom is -0.462 e. The summed E-state index contributed by atoms with van der Waals surface area (Å²) in [6, 6.07) is 0. The Morgan fingerprint density at radius 2 is 1.14 bits per heavy atom. The van der Waals surface area contributed by atoms with Crippen LogP contribution in [0.3, 0.4) is 0 Å². The second-order valence-corrected chi connectivity index (χ2v) is 30.4. The van der Waals surface area contributed by atoms with E-state index in [-0.39, 0.29) is 94.6 Å². The monoisotopic (exact) mass is 1350 g/mol. The van der Waals surface area contributed by atoms with E-state index in [1.807, 2.05) is 0 Å². The number of aliphatic hydroxyl groups is 1. The Balaban J connectivity index is 0.632. The minimum atomic E-state index is -5.11. The number of aliphatic hydroxyl groups excluding tert-OH is 1. The largest absolute Gasteiger partial charge is 0.472 e. The Hall–Kier alpha value is -6.21. The lowest BCUT2D eigenvalue weighted by atomic mass is 9.47. The van der Waals surface area contributed by atoms with Gasteiger partial charge in [-0.1, -0.05) is 65.5 Å². The molecule has 3 aliphatic heterocycles. The van der Waals surface area contributed by atoms with Gasteiger partial charge in [0.25, 0.3) is 0 Å². The van der Waals surface area contributed by atoms with E-state index in [4.69, 9.17) is 59.0 Å². The first-order valence-electron chi connectivity index (χ1n) is 32.7. The molecule has 0 aromatic carbocycles. The number of allylic oxidation sites excluding steroid dienone is 1. The maximum atomic E-state index is 14.1. The van der Waals surface area contributed by atoms with E-state index in [1.54, 1.807) is 0 Å². The average Bonchev–Trinajstić information content (AvgIpc) is 1.39. The summed E-state index contributed by atoms with van der Waals surface area (Å²) in [5.74, 6) is 3.32. The lowest BCUT2D eigenvalue weighted by Gasteiger charge is -2.58. The molecule has 0 spiro atoms. The van der Waals surface area contributed by atoms with Crippen LogP contribution in [0.1, 0.15) is 156 Å². The molecule has 6 fully saturated rings. The van der Waals surface area contributed by atoms with Crippen molar-refractivity contribution in [1.29, 1.82) is 0 Å². The average molecular weight is 1350 g/mol. The van der Waals surface area contributed by atoms with Crippen molar-refractivity contribution >= 4 is 78.5 Å². The molecule has 94 heavy (non-hydrogen) atoms. The van der Waals surface area contributed by atoms with E-state index in [0.717, 1.165) is 42.9 Å². The summed E-state index contributed by atoms with van der Waals surface area (Å²) in [5, 5.41) is 10.00. The standard InChI is InChI=1S/C61H85N15O16P2/c1-32(2)7-6-8-33(3)40-11-12-41-39-10-9-34-19-35(15-17-60(34,4)42(39)16-18-61(40,41)5)86-46(78)13-14-47(79)90-43-21-37(88-57(43)74-29-71-48-51(62)65-26-68-54(48)74)24-84-94(82,83)92-45-22-38(89-59(45)76-31-73-50-53(64)67-28-70-56(50)76)25-85-93(80,81)91-44-20-36(23-77)87-58(44)75-30-72-49-52(63)66-27-69-55(49)75/h9,26-33,35-45,57-59,77H,6-8,10-25H2,1-5H3,(H,80,81)(H,82,83)(H2,62,65,68)(H2,63,66,69)(H2,64,67,70)/t33-,35?,36+,37+,38+,39?,40-,41?,42?,43-,44-,45-,57-,58-,59-,60+,61-/m1/s1. The van der Waals surface area contributed by atoms with Gasteiger partial charge >= 0.3 is 27.6 Å². The fourth-order valence-corrected chi connectivity index (χ4v) is 18.8. The molecule has 0 radical (unpaired) electrons. The number of esters is 2. The molecule has 31 nitrogen and oxygen atoms in total. The van der Waals surface area contributed by atoms with Gasteiger partial charge in [-0.3, -0.25) is 41.4 Å². The summed E-state index contributed by atoms with van der Waals surface area (Å²) in [6.07, 6.45) is 11.7. The van der Waals surface area contributed by atoms with Gasteiger partial charge in [-0.15, -0.1) is 0 Å². The van der Waals surface area contributed by atoms with Crippen molar-refractivity contribution in [3.05, 3.63) is 49.6 Å². The lowest BCUT2D eigenvalue weighted by Crippen LogP contribution is -2.51. The summed E-state index contributed by atoms with van der Waals surface area (Å²) >= 11 is 0. The molecule has 7 aliphatic rings. The van der Waals surface area contributed by atoms with Crippen molar-refractivity contribution in [3.8, 4) is 0 Å². The Kier molecular flexibility index (Phi) is 18.8. The number of hydrogen-bond donors (Lipinski definition) is 6. The Morgan fingerprint density at radius 1 is 0.638 bits per heavy atom. The number of hydrogen-bond acceptors (Lipinski definition) is 26. The number of carbonyl (C=O) groups excluding carboxylic acids is 2. The number of fused-ring (bicyclic) bond motifs is 8. The van der Waals surface area contributed by atoms with Gasteiger partial charge < -0.3 is 55.8 Å². The van der Waals surface area contributed by atoms with Crippen LogP contribution in [0.5, 0.6) is 0 Å². The third-order valence-electron chi connectivity index (χ3n) is 21.4. The van der Waals surface area contributed by atoms with Gasteiger partial charge in [-0.05, 0) is 91.3 Å². The summed E-state index contributed by atoms with van der Waals surface area (Å²) in [7, 11) is -10.1. The molecular formula is C61H85N15O16P2. The summed E-state index contributed by atoms with van der Waals surface area (Å²) in [6.45, 7) is 10.6. The zero-order valence-electron chi connectivity index (χ0n) is 53.4. The fraction of sp³-hybridized carbons (Fsp3) is 0.689. The van der Waals surface area contributed by atoms with Gasteiger partial charge in [-0.2, -0.15) is 0 Å². The van der Waals surface area contributed by atoms with Gasteiger partial charge in [-0.25, -0.2) is 54.0 Å². The van der Waals surface area contributed by atoms with E-state index < -0.39 is 103 Å². The SMILES string of the molecule is CC(C)CCC[C@@H](C)[C@H]1CCC2C3CC=C4CC(OC(=O)CCC(=O)O[C@@H]5C[C@@H](COP(=O)(O)O[C@@H]6C[C@@H](COP(=O)(O)O[C@@H]7C[C@@H](CO)O[C@H]7n7cnc8c(N)ncnc87)O[C@H]6n6cnc7c(N)ncnc76)O[C@H]5n5cnc6c(N)ncnc65)CC[C@]4(C)C3CC[C@@]21C. The van der Waals surface area contributed by atoms with Crippen molar-refractivity contribution in [1.82, 2.24) is 58.6 Å². The minimum absolute atomic E-state index is 0.0305. The second kappa shape index (κ2) is 26.7. The number of aromatic nitrogens is 12. The van der Waals surface area contributed by atoms with Gasteiger partial charge in [0.2, 0.25) is 0 Å². The van der Waals surface area contributed by atoms with Crippen LogP contribution in [0.4, 0.5) is 17.5 Å². The number of carbonyl (C=O) groups is 2. The normalized spacial score (nSPS) is 33.3. The molecular weight excluding hydrogens is 1260 g/mol. The summed E-state index contributed by atoms with van der Waals surface area (Å²) in [4.78, 5) is 87.8. The van der Waals surface area contributed by atoms with E-state index in [2.05, 4.69) is 85.6 Å². The zero-order chi connectivity index (χ0) is 66.0. The van der Waals surface area contributed by atoms with Crippen LogP contribution in [0.2, 0.25) is 0 Å². The number of nitrogens with two attached hydrogens (primary N) is 3. The fourth-order valence-electron chi connectivity index (χ4n) is 16.9. The van der Waals surface area contributed by atoms with Crippen LogP contribution in [0, 0.1) is 46.3 Å². The smallest absolute Gasteiger partial charge is 0.462 e. The Morgan fingerprint density at radius 3 is 1.67 bits per heavy atom. The van der Waals surface area contributed by atoms with Crippen LogP contribution in [0.25, 0.3) is 33.5 Å². The number of anilines is 3. The van der Waals surface area contributed by atoms with E-state index >= 15 is 0 Å². The van der Waals surface area contributed by atoms with Crippen LogP contribution < -0.4 is 17.2 Å². The van der Waals surface area contributed by atoms with Gasteiger partial charge in [0.05, 0.1) is 70.0 Å². The van der Waals surface area contributed by atoms with E-state index in [0.29, 0.717) is 23.7 Å². The predicted molar refractivity (Wildman–Crippen MR) is 335 cm³/mol. The highest BCUT2D eigenvalue weighted by Gasteiger charge is 2.59. The lowest BCUT2D eigenvalue weighted by molar-refractivity contribution is -0.160. The van der Waals surface area contributed by atoms with Crippen LogP contribution >= 0.6 is 15.6 Å². The molecule has 3 saturated heterocycles. The number of phosphoric acid groups is 2. The first kappa shape index (κ1) is 66.4. The molecule has 4 aliphatic carbocycles. The third kappa shape index (κ3) is 13.2. The van der Waals surface area contributed by atoms with Crippen LogP contribution in [-0.2, 0) is 60.5 Å². The number of imidazole rings is 3. The summed E-state index contributed by atoms with van der Waals surface area (Å²) < 4.78 is 85.7. The number of rotatable bonds is 24. The molecule has 6 unspecified atom stereocenters. The molecule has 9 N–H and O–H groups in total. The number of nitrogen functional groups attached to an aromatic ring is 3. The molecule has 3 saturated carbocycles. The van der Waals surface area contributed by atoms with E-state index in [1.165, 1.54) is 102 Å². The highest BCUT2D eigenvalue weighted by atomic mass is 31.2. The van der Waals surface area contributed by atoms with Gasteiger partial charge in [0.1, 0.15) is 59.9 Å². The Labute approximate surface area is 542 Å². The molecule has 9 heterocycles. The molecule has 19 atom stereocenters. The number of ether oxygens (including phenoxy) is 5. The summed E-state index contributed by atoms with van der Waals surface area (Å²) in [5.41, 5.74) is 21.5. The molecule has 13 rings (SSSR count). The highest BCUT2D eigenvalue weighted by Crippen LogP contribution is 2.68. The quantitative estimate of drug-likeness (QED) is 0.0191. The van der Waals surface area contributed by atoms with Crippen molar-refractivity contribution in [2.45, 2.75) is 199 Å². The number of phosphoric ester groups is 2. The maximum absolute atomic E-state index is 14.1. The zero-order valence-corrected chi connectivity index (χ0v) is 55.1. The van der Waals surface area contributed by atoms with Crippen molar-refractivity contribution in [3.63, 3.8) is 0 Å². The van der Waals surface area contributed by atoms with Crippen LogP contribution in [-0.4, -0.2) is 148 Å². The molecule has 6 aromatic heterocycles. The van der Waals surface area contributed by atoms with Gasteiger partial charge in [0, 0.05) is 25.7 Å². The highest BCUT2D eigenvalue weighted by molar-refractivity contribution is 7.47. The topological polar surface area (TPSA) is 421 Å². The third-order valence-corrected chi connectivity index (χ3v) is 23.4. The van der Waals surface area contributed by atoms with Crippen molar-refractivity contribution < 1.29 is 75.4 Å². The Bertz CT molecular complexity index is 3890. The first-order chi connectivity index (χ1) is 45.0. The maximum Gasteiger partial charge on any atom is 0.472 e.